The third kappa shape index (κ3) is 5.95. The molecule has 0 radical (unpaired) electrons. The van der Waals surface area contributed by atoms with E-state index in [4.69, 9.17) is 27.9 Å². The Morgan fingerprint density at radius 1 is 1.12 bits per heavy atom. The van der Waals surface area contributed by atoms with Crippen LogP contribution in [0.4, 0.5) is 11.4 Å². The quantitative estimate of drug-likeness (QED) is 0.629. The zero-order chi connectivity index (χ0) is 17.4. The monoisotopic (exact) mass is 366 g/mol. The van der Waals surface area contributed by atoms with Crippen LogP contribution >= 0.6 is 23.2 Å². The molecule has 0 aliphatic heterocycles. The molecule has 2 rings (SSSR count). The number of hydrogen-bond acceptors (Lipinski definition) is 3. The zero-order valence-corrected chi connectivity index (χ0v) is 15.0. The van der Waals surface area contributed by atoms with Gasteiger partial charge in [-0.3, -0.25) is 4.79 Å². The molecule has 0 fully saturated rings. The Bertz CT molecular complexity index is 675. The molecule has 1 amide bonds. The third-order valence-corrected chi connectivity index (χ3v) is 3.84. The Labute approximate surface area is 152 Å². The molecule has 2 N–H and O–H groups in total. The van der Waals surface area contributed by atoms with Crippen LogP contribution in [0.25, 0.3) is 0 Å². The van der Waals surface area contributed by atoms with Gasteiger partial charge >= 0.3 is 0 Å². The standard InChI is InChI=1S/C18H20Cl2N2O2/c1-2-3-10-24-15-7-5-14(6-8-15)22-18(23)12-21-17-11-13(19)4-9-16(17)20/h4-9,11,21H,2-3,10,12H2,1H3,(H,22,23). The highest BCUT2D eigenvalue weighted by molar-refractivity contribution is 6.35. The van der Waals surface area contributed by atoms with E-state index in [0.29, 0.717) is 28.0 Å². The summed E-state index contributed by atoms with van der Waals surface area (Å²) in [4.78, 5) is 12.0. The van der Waals surface area contributed by atoms with E-state index in [-0.39, 0.29) is 12.5 Å². The number of hydrogen-bond donors (Lipinski definition) is 2. The molecule has 0 aliphatic carbocycles. The average Bonchev–Trinajstić information content (AvgIpc) is 2.57. The van der Waals surface area contributed by atoms with Crippen molar-refractivity contribution in [3.05, 3.63) is 52.5 Å². The lowest BCUT2D eigenvalue weighted by Crippen LogP contribution is -2.21. The van der Waals surface area contributed by atoms with Crippen LogP contribution in [0.1, 0.15) is 19.8 Å². The summed E-state index contributed by atoms with van der Waals surface area (Å²) in [5.74, 6) is 0.621. The fourth-order valence-electron chi connectivity index (χ4n) is 1.98. The topological polar surface area (TPSA) is 50.4 Å². The first kappa shape index (κ1) is 18.4. The molecule has 24 heavy (non-hydrogen) atoms. The maximum atomic E-state index is 12.0. The van der Waals surface area contributed by atoms with Gasteiger partial charge in [0.2, 0.25) is 5.91 Å². The molecule has 0 spiro atoms. The third-order valence-electron chi connectivity index (χ3n) is 3.27. The summed E-state index contributed by atoms with van der Waals surface area (Å²) in [6.45, 7) is 2.91. The highest BCUT2D eigenvalue weighted by Crippen LogP contribution is 2.25. The van der Waals surface area contributed by atoms with Crippen LogP contribution in [0.5, 0.6) is 5.75 Å². The fourth-order valence-corrected chi connectivity index (χ4v) is 2.34. The highest BCUT2D eigenvalue weighted by atomic mass is 35.5. The van der Waals surface area contributed by atoms with E-state index in [2.05, 4.69) is 17.6 Å². The second-order valence-electron chi connectivity index (χ2n) is 5.25. The molecule has 2 aromatic carbocycles. The van der Waals surface area contributed by atoms with E-state index in [9.17, 15) is 4.79 Å². The summed E-state index contributed by atoms with van der Waals surface area (Å²) in [6.07, 6.45) is 2.12. The number of halogens is 2. The van der Waals surface area contributed by atoms with Crippen LogP contribution in [-0.4, -0.2) is 19.1 Å². The van der Waals surface area contributed by atoms with Crippen molar-refractivity contribution in [1.29, 1.82) is 0 Å². The zero-order valence-electron chi connectivity index (χ0n) is 13.4. The molecule has 0 aliphatic rings. The van der Waals surface area contributed by atoms with Gasteiger partial charge in [-0.25, -0.2) is 0 Å². The number of nitrogens with one attached hydrogen (secondary N) is 2. The summed E-state index contributed by atoms with van der Waals surface area (Å²) >= 11 is 12.0. The Morgan fingerprint density at radius 3 is 2.58 bits per heavy atom. The SMILES string of the molecule is CCCCOc1ccc(NC(=O)CNc2cc(Cl)ccc2Cl)cc1. The average molecular weight is 367 g/mol. The van der Waals surface area contributed by atoms with Crippen molar-refractivity contribution in [2.75, 3.05) is 23.8 Å². The molecule has 6 heteroatoms. The minimum absolute atomic E-state index is 0.0921. The summed E-state index contributed by atoms with van der Waals surface area (Å²) in [7, 11) is 0. The molecule has 4 nitrogen and oxygen atoms in total. The van der Waals surface area contributed by atoms with Gasteiger partial charge in [0, 0.05) is 10.7 Å². The van der Waals surface area contributed by atoms with Gasteiger partial charge in [0.25, 0.3) is 0 Å². The molecule has 2 aromatic rings. The van der Waals surface area contributed by atoms with E-state index < -0.39 is 0 Å². The summed E-state index contributed by atoms with van der Waals surface area (Å²) in [5.41, 5.74) is 1.33. The predicted octanol–water partition coefficient (Wildman–Crippen LogP) is 5.22. The Morgan fingerprint density at radius 2 is 1.88 bits per heavy atom. The lowest BCUT2D eigenvalue weighted by molar-refractivity contribution is -0.114. The number of carbonyl (C=O) groups is 1. The maximum Gasteiger partial charge on any atom is 0.243 e. The van der Waals surface area contributed by atoms with Crippen molar-refractivity contribution in [3.8, 4) is 5.75 Å². The van der Waals surface area contributed by atoms with Crippen LogP contribution in [0.2, 0.25) is 10.0 Å². The van der Waals surface area contributed by atoms with Gasteiger partial charge in [-0.2, -0.15) is 0 Å². The van der Waals surface area contributed by atoms with Crippen molar-refractivity contribution < 1.29 is 9.53 Å². The van der Waals surface area contributed by atoms with Crippen molar-refractivity contribution in [1.82, 2.24) is 0 Å². The van der Waals surface area contributed by atoms with Crippen LogP contribution in [0.3, 0.4) is 0 Å². The number of anilines is 2. The first-order chi connectivity index (χ1) is 11.6. The lowest BCUT2D eigenvalue weighted by atomic mass is 10.3. The minimum Gasteiger partial charge on any atom is -0.494 e. The van der Waals surface area contributed by atoms with Crippen LogP contribution < -0.4 is 15.4 Å². The van der Waals surface area contributed by atoms with Gasteiger partial charge in [-0.05, 0) is 48.9 Å². The summed E-state index contributed by atoms with van der Waals surface area (Å²) in [5, 5.41) is 6.85. The van der Waals surface area contributed by atoms with Crippen molar-refractivity contribution in [2.45, 2.75) is 19.8 Å². The predicted molar refractivity (Wildman–Crippen MR) is 100 cm³/mol. The normalized spacial score (nSPS) is 10.3. The van der Waals surface area contributed by atoms with Crippen molar-refractivity contribution in [3.63, 3.8) is 0 Å². The number of unbranched alkanes of at least 4 members (excludes halogenated alkanes) is 1. The number of amides is 1. The van der Waals surface area contributed by atoms with Gasteiger partial charge in [0.15, 0.2) is 0 Å². The highest BCUT2D eigenvalue weighted by Gasteiger charge is 2.05. The molecular weight excluding hydrogens is 347 g/mol. The number of benzene rings is 2. The molecular formula is C18H20Cl2N2O2. The minimum atomic E-state index is -0.175. The molecule has 0 bridgehead atoms. The maximum absolute atomic E-state index is 12.0. The molecule has 0 atom stereocenters. The molecule has 0 unspecified atom stereocenters. The summed E-state index contributed by atoms with van der Waals surface area (Å²) in [6, 6.07) is 12.4. The van der Waals surface area contributed by atoms with Crippen LogP contribution in [0, 0.1) is 0 Å². The van der Waals surface area contributed by atoms with Gasteiger partial charge in [0.05, 0.1) is 23.9 Å². The number of carbonyl (C=O) groups excluding carboxylic acids is 1. The number of ether oxygens (including phenoxy) is 1. The Balaban J connectivity index is 1.82. The summed E-state index contributed by atoms with van der Waals surface area (Å²) < 4.78 is 5.58. The number of rotatable bonds is 8. The second kappa shape index (κ2) is 9.40. The van der Waals surface area contributed by atoms with E-state index >= 15 is 0 Å². The molecule has 0 saturated carbocycles. The van der Waals surface area contributed by atoms with Crippen molar-refractivity contribution in [2.24, 2.45) is 0 Å². The fraction of sp³-hybridized carbons (Fsp3) is 0.278. The van der Waals surface area contributed by atoms with E-state index in [1.165, 1.54) is 0 Å². The molecule has 128 valence electrons. The Hall–Kier alpha value is -1.91. The lowest BCUT2D eigenvalue weighted by Gasteiger charge is -2.10. The first-order valence-corrected chi connectivity index (χ1v) is 8.55. The van der Waals surface area contributed by atoms with Gasteiger partial charge in [-0.15, -0.1) is 0 Å². The van der Waals surface area contributed by atoms with Gasteiger partial charge < -0.3 is 15.4 Å². The largest absolute Gasteiger partial charge is 0.494 e. The smallest absolute Gasteiger partial charge is 0.243 e. The molecule has 0 heterocycles. The van der Waals surface area contributed by atoms with Crippen LogP contribution in [-0.2, 0) is 4.79 Å². The first-order valence-electron chi connectivity index (χ1n) is 7.80. The van der Waals surface area contributed by atoms with Gasteiger partial charge in [-0.1, -0.05) is 36.5 Å². The van der Waals surface area contributed by atoms with Crippen molar-refractivity contribution >= 4 is 40.5 Å². The van der Waals surface area contributed by atoms with Crippen LogP contribution in [0.15, 0.2) is 42.5 Å². The van der Waals surface area contributed by atoms with E-state index in [0.717, 1.165) is 18.6 Å². The van der Waals surface area contributed by atoms with E-state index in [1.54, 1.807) is 18.2 Å². The van der Waals surface area contributed by atoms with Gasteiger partial charge in [0.1, 0.15) is 5.75 Å². The molecule has 0 aromatic heterocycles. The Kier molecular flexibility index (Phi) is 7.22. The second-order valence-corrected chi connectivity index (χ2v) is 6.10. The van der Waals surface area contributed by atoms with E-state index in [1.807, 2.05) is 24.3 Å². The molecule has 0 saturated heterocycles.